The van der Waals surface area contributed by atoms with Gasteiger partial charge in [0.2, 0.25) is 11.7 Å². The molecule has 7 heteroatoms. The van der Waals surface area contributed by atoms with Gasteiger partial charge in [-0.2, -0.15) is 0 Å². The van der Waals surface area contributed by atoms with Gasteiger partial charge >= 0.3 is 5.97 Å². The van der Waals surface area contributed by atoms with Gasteiger partial charge in [0.05, 0.1) is 41.3 Å². The minimum absolute atomic E-state index is 0.118. The maximum Gasteiger partial charge on any atom is 0.307 e. The Balaban J connectivity index is 2.22. The molecule has 0 saturated heterocycles. The van der Waals surface area contributed by atoms with E-state index in [0.717, 1.165) is 11.1 Å². The van der Waals surface area contributed by atoms with Crippen molar-refractivity contribution in [1.29, 1.82) is 0 Å². The summed E-state index contributed by atoms with van der Waals surface area (Å²) in [6, 6.07) is 13.1. The van der Waals surface area contributed by atoms with Crippen LogP contribution in [0.4, 0.5) is 0 Å². The van der Waals surface area contributed by atoms with E-state index in [1.807, 2.05) is 30.3 Å². The number of amides is 1. The van der Waals surface area contributed by atoms with Gasteiger partial charge in [0.15, 0.2) is 11.5 Å². The molecule has 0 bridgehead atoms. The van der Waals surface area contributed by atoms with Crippen LogP contribution in [-0.4, -0.2) is 51.8 Å². The topological polar surface area (TPSA) is 74.3 Å². The Bertz CT molecular complexity index is 796. The van der Waals surface area contributed by atoms with E-state index < -0.39 is 0 Å². The van der Waals surface area contributed by atoms with Gasteiger partial charge in [-0.3, -0.25) is 9.59 Å². The molecule has 2 rings (SSSR count). The Morgan fingerprint density at radius 3 is 2.00 bits per heavy atom. The number of carbonyl (C=O) groups is 2. The van der Waals surface area contributed by atoms with Crippen molar-refractivity contribution in [3.05, 3.63) is 53.6 Å². The molecular formula is C22H27NO6. The minimum atomic E-state index is -0.358. The Morgan fingerprint density at radius 2 is 1.48 bits per heavy atom. The fourth-order valence-corrected chi connectivity index (χ4v) is 2.95. The average molecular weight is 401 g/mol. The van der Waals surface area contributed by atoms with E-state index in [9.17, 15) is 9.59 Å². The smallest absolute Gasteiger partial charge is 0.307 e. The summed E-state index contributed by atoms with van der Waals surface area (Å²) < 4.78 is 20.8. The van der Waals surface area contributed by atoms with Crippen LogP contribution in [0, 0.1) is 0 Å². The highest BCUT2D eigenvalue weighted by Crippen LogP contribution is 2.38. The fraction of sp³-hybridized carbons (Fsp3) is 0.364. The molecule has 0 spiro atoms. The molecule has 0 N–H and O–H groups in total. The molecule has 2 aromatic rings. The van der Waals surface area contributed by atoms with Gasteiger partial charge in [-0.25, -0.2) is 0 Å². The van der Waals surface area contributed by atoms with E-state index in [0.29, 0.717) is 23.8 Å². The highest BCUT2D eigenvalue weighted by molar-refractivity contribution is 5.80. The summed E-state index contributed by atoms with van der Waals surface area (Å²) in [5, 5.41) is 0. The summed E-state index contributed by atoms with van der Waals surface area (Å²) >= 11 is 0. The van der Waals surface area contributed by atoms with Gasteiger partial charge in [-0.1, -0.05) is 30.3 Å². The summed E-state index contributed by atoms with van der Waals surface area (Å²) in [7, 11) is 5.92. The molecule has 1 amide bonds. The van der Waals surface area contributed by atoms with Gasteiger partial charge < -0.3 is 23.8 Å². The zero-order valence-corrected chi connectivity index (χ0v) is 17.3. The zero-order chi connectivity index (χ0) is 21.2. The molecule has 0 fully saturated rings. The summed E-state index contributed by atoms with van der Waals surface area (Å²) in [5.74, 6) is 0.964. The van der Waals surface area contributed by atoms with E-state index in [4.69, 9.17) is 18.9 Å². The van der Waals surface area contributed by atoms with Crippen molar-refractivity contribution in [1.82, 2.24) is 4.90 Å². The lowest BCUT2D eigenvalue weighted by Gasteiger charge is -2.23. The van der Waals surface area contributed by atoms with Crippen LogP contribution < -0.4 is 14.2 Å². The second-order valence-electron chi connectivity index (χ2n) is 6.34. The second kappa shape index (κ2) is 10.9. The van der Waals surface area contributed by atoms with Crippen molar-refractivity contribution in [2.75, 3.05) is 35.0 Å². The molecule has 7 nitrogen and oxygen atoms in total. The van der Waals surface area contributed by atoms with Crippen LogP contribution in [0.1, 0.15) is 17.5 Å². The minimum Gasteiger partial charge on any atom is -0.493 e. The van der Waals surface area contributed by atoms with Crippen molar-refractivity contribution in [2.24, 2.45) is 0 Å². The number of nitrogens with zero attached hydrogens (tertiary/aromatic N) is 1. The second-order valence-corrected chi connectivity index (χ2v) is 6.34. The summed E-state index contributed by atoms with van der Waals surface area (Å²) in [5.41, 5.74) is 1.70. The third-order valence-corrected chi connectivity index (χ3v) is 4.46. The SMILES string of the molecule is COC(=O)CCN(Cc1ccccc1)C(=O)Cc1cc(OC)c(OC)c(OC)c1. The lowest BCUT2D eigenvalue weighted by molar-refractivity contribution is -0.141. The Kier molecular flexibility index (Phi) is 8.33. The summed E-state index contributed by atoms with van der Waals surface area (Å²) in [6.45, 7) is 0.673. The van der Waals surface area contributed by atoms with E-state index in [2.05, 4.69) is 0 Å². The van der Waals surface area contributed by atoms with E-state index in [1.54, 1.807) is 17.0 Å². The van der Waals surface area contributed by atoms with Crippen molar-refractivity contribution < 1.29 is 28.5 Å². The van der Waals surface area contributed by atoms with Crippen molar-refractivity contribution in [2.45, 2.75) is 19.4 Å². The largest absolute Gasteiger partial charge is 0.493 e. The maximum absolute atomic E-state index is 13.0. The predicted molar refractivity (Wildman–Crippen MR) is 108 cm³/mol. The van der Waals surface area contributed by atoms with Crippen LogP contribution in [0.3, 0.4) is 0 Å². The molecule has 0 aliphatic rings. The molecule has 0 atom stereocenters. The van der Waals surface area contributed by atoms with Crippen LogP contribution >= 0.6 is 0 Å². The van der Waals surface area contributed by atoms with Gasteiger partial charge in [0, 0.05) is 13.1 Å². The Morgan fingerprint density at radius 1 is 0.862 bits per heavy atom. The first-order valence-corrected chi connectivity index (χ1v) is 9.19. The summed E-state index contributed by atoms with van der Waals surface area (Å²) in [6.07, 6.45) is 0.259. The average Bonchev–Trinajstić information content (AvgIpc) is 2.76. The summed E-state index contributed by atoms with van der Waals surface area (Å²) in [4.78, 5) is 26.3. The lowest BCUT2D eigenvalue weighted by atomic mass is 10.1. The number of hydrogen-bond acceptors (Lipinski definition) is 6. The first-order chi connectivity index (χ1) is 14.0. The third-order valence-electron chi connectivity index (χ3n) is 4.46. The number of hydrogen-bond donors (Lipinski definition) is 0. The lowest BCUT2D eigenvalue weighted by Crippen LogP contribution is -2.34. The monoisotopic (exact) mass is 401 g/mol. The van der Waals surface area contributed by atoms with Crippen LogP contribution in [0.25, 0.3) is 0 Å². The molecule has 0 unspecified atom stereocenters. The third kappa shape index (κ3) is 6.14. The van der Waals surface area contributed by atoms with Gasteiger partial charge in [-0.15, -0.1) is 0 Å². The standard InChI is InChI=1S/C22H27NO6/c1-26-18-12-17(13-19(27-2)22(18)29-4)14-20(24)23(11-10-21(25)28-3)15-16-8-6-5-7-9-16/h5-9,12-13H,10-11,14-15H2,1-4H3. The molecule has 29 heavy (non-hydrogen) atoms. The van der Waals surface area contributed by atoms with Gasteiger partial charge in [0.25, 0.3) is 0 Å². The van der Waals surface area contributed by atoms with Crippen LogP contribution in [0.15, 0.2) is 42.5 Å². The molecule has 0 saturated carbocycles. The normalized spacial score (nSPS) is 10.2. The first kappa shape index (κ1) is 22.1. The quantitative estimate of drug-likeness (QED) is 0.570. The van der Waals surface area contributed by atoms with E-state index in [-0.39, 0.29) is 31.3 Å². The van der Waals surface area contributed by atoms with Crippen molar-refractivity contribution in [3.63, 3.8) is 0 Å². The zero-order valence-electron chi connectivity index (χ0n) is 17.3. The van der Waals surface area contributed by atoms with E-state index >= 15 is 0 Å². The van der Waals surface area contributed by atoms with Crippen molar-refractivity contribution in [3.8, 4) is 17.2 Å². The maximum atomic E-state index is 13.0. The highest BCUT2D eigenvalue weighted by atomic mass is 16.5. The van der Waals surface area contributed by atoms with E-state index in [1.165, 1.54) is 28.4 Å². The number of ether oxygens (including phenoxy) is 4. The molecular weight excluding hydrogens is 374 g/mol. The Labute approximate surface area is 171 Å². The van der Waals surface area contributed by atoms with Crippen LogP contribution in [0.2, 0.25) is 0 Å². The molecule has 0 aromatic heterocycles. The predicted octanol–water partition coefficient (Wildman–Crippen LogP) is 2.85. The molecule has 0 radical (unpaired) electrons. The number of methoxy groups -OCH3 is 4. The van der Waals surface area contributed by atoms with Gasteiger partial charge in [-0.05, 0) is 23.3 Å². The first-order valence-electron chi connectivity index (χ1n) is 9.19. The molecule has 2 aromatic carbocycles. The number of esters is 1. The van der Waals surface area contributed by atoms with Gasteiger partial charge in [0.1, 0.15) is 0 Å². The highest BCUT2D eigenvalue weighted by Gasteiger charge is 2.19. The van der Waals surface area contributed by atoms with Crippen LogP contribution in [-0.2, 0) is 27.3 Å². The number of benzene rings is 2. The molecule has 0 aliphatic heterocycles. The molecule has 156 valence electrons. The molecule has 0 heterocycles. The Hall–Kier alpha value is -3.22. The number of carbonyl (C=O) groups excluding carboxylic acids is 2. The fourth-order valence-electron chi connectivity index (χ4n) is 2.95. The van der Waals surface area contributed by atoms with Crippen LogP contribution in [0.5, 0.6) is 17.2 Å². The molecule has 0 aliphatic carbocycles. The number of rotatable bonds is 10. The van der Waals surface area contributed by atoms with Crippen molar-refractivity contribution >= 4 is 11.9 Å².